The van der Waals surface area contributed by atoms with Crippen LogP contribution in [-0.2, 0) is 0 Å². The zero-order valence-corrected chi connectivity index (χ0v) is 17.4. The summed E-state index contributed by atoms with van der Waals surface area (Å²) in [7, 11) is 0. The molecule has 3 nitrogen and oxygen atoms in total. The van der Waals surface area contributed by atoms with Crippen molar-refractivity contribution < 1.29 is 8.83 Å². The summed E-state index contributed by atoms with van der Waals surface area (Å²) < 4.78 is 15.2. The average Bonchev–Trinajstić information content (AvgIpc) is 3.58. The molecule has 9 rings (SSSR count). The molecule has 0 radical (unpaired) electrons. The molecule has 0 amide bonds. The number of rotatable bonds is 0. The third-order valence-electron chi connectivity index (χ3n) is 7.31. The Labute approximate surface area is 186 Å². The quantitative estimate of drug-likeness (QED) is 0.245. The number of para-hydroxylation sites is 3. The van der Waals surface area contributed by atoms with Crippen molar-refractivity contribution in [3.05, 3.63) is 91.0 Å². The van der Waals surface area contributed by atoms with E-state index >= 15 is 0 Å². The van der Waals surface area contributed by atoms with Crippen LogP contribution in [0.25, 0.3) is 82.0 Å². The van der Waals surface area contributed by atoms with Crippen LogP contribution < -0.4 is 0 Å². The lowest BCUT2D eigenvalue weighted by atomic mass is 10.0. The van der Waals surface area contributed by atoms with Gasteiger partial charge in [-0.15, -0.1) is 0 Å². The maximum atomic E-state index is 6.56. The van der Waals surface area contributed by atoms with E-state index < -0.39 is 0 Å². The Morgan fingerprint density at radius 1 is 0.455 bits per heavy atom. The van der Waals surface area contributed by atoms with Crippen LogP contribution in [0.3, 0.4) is 0 Å². The SMILES string of the molecule is c1ccc2c(c1)oc1c2cc2c3ccccc3n3c4ccc5oc6ccccc6c5c4c1c23. The van der Waals surface area contributed by atoms with Gasteiger partial charge in [-0.25, -0.2) is 0 Å². The van der Waals surface area contributed by atoms with E-state index in [2.05, 4.69) is 77.2 Å². The number of aromatic nitrogens is 1. The molecule has 0 fully saturated rings. The van der Waals surface area contributed by atoms with Gasteiger partial charge in [-0.1, -0.05) is 54.6 Å². The molecule has 0 aliphatic carbocycles. The first kappa shape index (κ1) is 16.2. The Balaban J connectivity index is 1.73. The molecule has 0 unspecified atom stereocenters. The molecule has 9 aromatic rings. The Hall–Kier alpha value is -4.50. The summed E-state index contributed by atoms with van der Waals surface area (Å²) in [5.74, 6) is 0. The molecule has 0 saturated carbocycles. The van der Waals surface area contributed by atoms with Gasteiger partial charge in [-0.2, -0.15) is 0 Å². The summed E-state index contributed by atoms with van der Waals surface area (Å²) in [5, 5.41) is 9.51. The third kappa shape index (κ3) is 1.74. The standard InChI is InChI=1S/C30H15NO2/c1-4-10-21-16(7-1)19-15-20-17-8-2-5-11-23(17)33-30(20)28-27-22(31(21)29(19)28)13-14-25-26(27)18-9-3-6-12-24(18)32-25/h1-15H. The normalized spacial score (nSPS) is 12.8. The van der Waals surface area contributed by atoms with E-state index in [0.717, 1.165) is 43.9 Å². The van der Waals surface area contributed by atoms with Crippen molar-refractivity contribution in [3.8, 4) is 0 Å². The Morgan fingerprint density at radius 2 is 1.18 bits per heavy atom. The molecule has 4 aromatic heterocycles. The van der Waals surface area contributed by atoms with Gasteiger partial charge in [0.2, 0.25) is 0 Å². The first-order valence-electron chi connectivity index (χ1n) is 11.2. The molecule has 4 heterocycles. The van der Waals surface area contributed by atoms with Crippen LogP contribution in [0.2, 0.25) is 0 Å². The topological polar surface area (TPSA) is 30.7 Å². The van der Waals surface area contributed by atoms with Crippen molar-refractivity contribution in [1.82, 2.24) is 4.40 Å². The molecule has 152 valence electrons. The highest BCUT2D eigenvalue weighted by atomic mass is 16.3. The van der Waals surface area contributed by atoms with Gasteiger partial charge in [0.1, 0.15) is 22.3 Å². The minimum absolute atomic E-state index is 0.909. The highest BCUT2D eigenvalue weighted by Crippen LogP contribution is 2.48. The van der Waals surface area contributed by atoms with Crippen LogP contribution in [0.5, 0.6) is 0 Å². The summed E-state index contributed by atoms with van der Waals surface area (Å²) in [4.78, 5) is 0. The first-order valence-corrected chi connectivity index (χ1v) is 11.2. The maximum Gasteiger partial charge on any atom is 0.145 e. The summed E-state index contributed by atoms with van der Waals surface area (Å²) in [5.41, 5.74) is 7.31. The van der Waals surface area contributed by atoms with Gasteiger partial charge < -0.3 is 13.2 Å². The highest BCUT2D eigenvalue weighted by Gasteiger charge is 2.25. The molecule has 0 saturated heterocycles. The zero-order valence-electron chi connectivity index (χ0n) is 17.4. The van der Waals surface area contributed by atoms with E-state index in [1.165, 1.54) is 38.1 Å². The molecular weight excluding hydrogens is 406 g/mol. The van der Waals surface area contributed by atoms with Crippen molar-refractivity contribution in [2.24, 2.45) is 0 Å². The number of hydrogen-bond acceptors (Lipinski definition) is 2. The van der Waals surface area contributed by atoms with Gasteiger partial charge in [0.05, 0.1) is 21.9 Å². The van der Waals surface area contributed by atoms with Crippen molar-refractivity contribution >= 4 is 82.0 Å². The molecule has 0 aliphatic heterocycles. The zero-order chi connectivity index (χ0) is 21.3. The van der Waals surface area contributed by atoms with Gasteiger partial charge >= 0.3 is 0 Å². The van der Waals surface area contributed by atoms with Crippen molar-refractivity contribution in [3.63, 3.8) is 0 Å². The van der Waals surface area contributed by atoms with Crippen LogP contribution in [0.1, 0.15) is 0 Å². The Morgan fingerprint density at radius 3 is 2.06 bits per heavy atom. The number of furan rings is 2. The largest absolute Gasteiger partial charge is 0.456 e. The molecule has 0 atom stereocenters. The molecule has 0 bridgehead atoms. The van der Waals surface area contributed by atoms with Crippen LogP contribution in [-0.4, -0.2) is 4.40 Å². The Kier molecular flexibility index (Phi) is 2.59. The van der Waals surface area contributed by atoms with E-state index in [0.29, 0.717) is 0 Å². The fourth-order valence-electron chi connectivity index (χ4n) is 6.03. The highest BCUT2D eigenvalue weighted by molar-refractivity contribution is 6.38. The van der Waals surface area contributed by atoms with Gasteiger partial charge in [-0.05, 0) is 36.4 Å². The van der Waals surface area contributed by atoms with E-state index in [4.69, 9.17) is 8.83 Å². The number of hydrogen-bond donors (Lipinski definition) is 0. The van der Waals surface area contributed by atoms with E-state index in [1.54, 1.807) is 0 Å². The van der Waals surface area contributed by atoms with Crippen LogP contribution >= 0.6 is 0 Å². The van der Waals surface area contributed by atoms with Crippen LogP contribution in [0.15, 0.2) is 99.8 Å². The molecule has 0 N–H and O–H groups in total. The predicted molar refractivity (Wildman–Crippen MR) is 136 cm³/mol. The fraction of sp³-hybridized carbons (Fsp3) is 0. The Bertz CT molecular complexity index is 2240. The lowest BCUT2D eigenvalue weighted by Crippen LogP contribution is -1.79. The predicted octanol–water partition coefficient (Wildman–Crippen LogP) is 8.64. The second-order valence-electron chi connectivity index (χ2n) is 8.91. The van der Waals surface area contributed by atoms with E-state index in [-0.39, 0.29) is 0 Å². The lowest BCUT2D eigenvalue weighted by molar-refractivity contribution is 0.669. The summed E-state index contributed by atoms with van der Waals surface area (Å²) in [6.07, 6.45) is 0. The van der Waals surface area contributed by atoms with Gasteiger partial charge in [0.15, 0.2) is 0 Å². The lowest BCUT2D eigenvalue weighted by Gasteiger charge is -2.00. The van der Waals surface area contributed by atoms with Gasteiger partial charge in [-0.3, -0.25) is 0 Å². The minimum Gasteiger partial charge on any atom is -0.456 e. The monoisotopic (exact) mass is 421 g/mol. The van der Waals surface area contributed by atoms with Gasteiger partial charge in [0, 0.05) is 37.7 Å². The molecule has 3 heteroatoms. The first-order chi connectivity index (χ1) is 16.4. The summed E-state index contributed by atoms with van der Waals surface area (Å²) in [6, 6.07) is 31.9. The average molecular weight is 421 g/mol. The minimum atomic E-state index is 0.909. The van der Waals surface area contributed by atoms with Crippen LogP contribution in [0, 0.1) is 0 Å². The smallest absolute Gasteiger partial charge is 0.145 e. The molecular formula is C30H15NO2. The second kappa shape index (κ2) is 5.28. The van der Waals surface area contributed by atoms with Crippen molar-refractivity contribution in [1.29, 1.82) is 0 Å². The van der Waals surface area contributed by atoms with Gasteiger partial charge in [0.25, 0.3) is 0 Å². The number of benzene rings is 5. The van der Waals surface area contributed by atoms with Crippen LogP contribution in [0.4, 0.5) is 0 Å². The third-order valence-corrected chi connectivity index (χ3v) is 7.31. The summed E-state index contributed by atoms with van der Waals surface area (Å²) >= 11 is 0. The van der Waals surface area contributed by atoms with Crippen molar-refractivity contribution in [2.75, 3.05) is 0 Å². The molecule has 5 aromatic carbocycles. The fourth-order valence-corrected chi connectivity index (χ4v) is 6.03. The number of nitrogens with zero attached hydrogens (tertiary/aromatic N) is 1. The van der Waals surface area contributed by atoms with E-state index in [1.807, 2.05) is 18.2 Å². The molecule has 0 aliphatic rings. The molecule has 0 spiro atoms. The van der Waals surface area contributed by atoms with Crippen molar-refractivity contribution in [2.45, 2.75) is 0 Å². The second-order valence-corrected chi connectivity index (χ2v) is 8.91. The van der Waals surface area contributed by atoms with E-state index in [9.17, 15) is 0 Å². The summed E-state index contributed by atoms with van der Waals surface area (Å²) in [6.45, 7) is 0. The maximum absolute atomic E-state index is 6.56. The number of fused-ring (bicyclic) bond motifs is 14. The molecule has 33 heavy (non-hydrogen) atoms.